The van der Waals surface area contributed by atoms with Crippen molar-refractivity contribution in [3.05, 3.63) is 63.2 Å². The van der Waals surface area contributed by atoms with E-state index in [1.165, 1.54) is 24.3 Å². The van der Waals surface area contributed by atoms with Crippen molar-refractivity contribution >= 4 is 34.6 Å². The Hall–Kier alpha value is -2.64. The molecule has 0 aromatic heterocycles. The largest absolute Gasteiger partial charge is 0.378 e. The Morgan fingerprint density at radius 2 is 1.84 bits per heavy atom. The molecule has 0 radical (unpaired) electrons. The second-order valence-corrected chi connectivity index (χ2v) is 5.96. The number of non-ortho nitro benzene ring substituents is 1. The highest BCUT2D eigenvalue weighted by Crippen LogP contribution is 2.30. The molecule has 3 rings (SSSR count). The van der Waals surface area contributed by atoms with Gasteiger partial charge in [0.1, 0.15) is 0 Å². The first kappa shape index (κ1) is 17.2. The lowest BCUT2D eigenvalue weighted by Crippen LogP contribution is -2.36. The number of carbonyl (C=O) groups is 1. The zero-order chi connectivity index (χ0) is 17.8. The van der Waals surface area contributed by atoms with Crippen molar-refractivity contribution in [2.24, 2.45) is 0 Å². The van der Waals surface area contributed by atoms with Crippen LogP contribution in [0.1, 0.15) is 10.4 Å². The number of carbonyl (C=O) groups excluding carboxylic acids is 1. The molecule has 0 unspecified atom stereocenters. The van der Waals surface area contributed by atoms with Gasteiger partial charge < -0.3 is 15.0 Å². The molecule has 1 amide bonds. The summed E-state index contributed by atoms with van der Waals surface area (Å²) >= 11 is 6.07. The number of rotatable bonds is 4. The summed E-state index contributed by atoms with van der Waals surface area (Å²) in [5.41, 5.74) is 1.73. The lowest BCUT2D eigenvalue weighted by molar-refractivity contribution is -0.384. The third kappa shape index (κ3) is 4.07. The van der Waals surface area contributed by atoms with Gasteiger partial charge in [0.25, 0.3) is 11.6 Å². The van der Waals surface area contributed by atoms with Crippen LogP contribution in [-0.2, 0) is 4.74 Å². The number of halogens is 1. The Balaban J connectivity index is 1.82. The molecule has 1 saturated heterocycles. The number of hydrogen-bond donors (Lipinski definition) is 1. The number of ether oxygens (including phenoxy) is 1. The molecule has 1 heterocycles. The monoisotopic (exact) mass is 361 g/mol. The molecule has 1 aliphatic rings. The van der Waals surface area contributed by atoms with Gasteiger partial charge in [0.05, 0.1) is 29.5 Å². The number of nitrogens with zero attached hydrogens (tertiary/aromatic N) is 2. The summed E-state index contributed by atoms with van der Waals surface area (Å²) in [6.07, 6.45) is 0. The van der Waals surface area contributed by atoms with Crippen LogP contribution >= 0.6 is 11.6 Å². The van der Waals surface area contributed by atoms with E-state index in [9.17, 15) is 14.9 Å². The number of nitro groups is 1. The van der Waals surface area contributed by atoms with Crippen molar-refractivity contribution in [1.29, 1.82) is 0 Å². The molecular weight excluding hydrogens is 346 g/mol. The van der Waals surface area contributed by atoms with E-state index in [1.54, 1.807) is 12.1 Å². The Bertz CT molecular complexity index is 789. The average Bonchev–Trinajstić information content (AvgIpc) is 2.62. The molecule has 1 N–H and O–H groups in total. The van der Waals surface area contributed by atoms with Crippen molar-refractivity contribution in [3.8, 4) is 0 Å². The lowest BCUT2D eigenvalue weighted by atomic mass is 10.1. The van der Waals surface area contributed by atoms with Gasteiger partial charge in [0.15, 0.2) is 0 Å². The van der Waals surface area contributed by atoms with Gasteiger partial charge in [0, 0.05) is 35.8 Å². The summed E-state index contributed by atoms with van der Waals surface area (Å²) in [5.74, 6) is -0.355. The van der Waals surface area contributed by atoms with E-state index in [0.29, 0.717) is 29.5 Å². The van der Waals surface area contributed by atoms with Crippen LogP contribution in [0.15, 0.2) is 42.5 Å². The lowest BCUT2D eigenvalue weighted by Gasteiger charge is -2.30. The van der Waals surface area contributed by atoms with Crippen molar-refractivity contribution in [2.75, 3.05) is 36.5 Å². The van der Waals surface area contributed by atoms with Gasteiger partial charge in [-0.25, -0.2) is 0 Å². The van der Waals surface area contributed by atoms with E-state index in [0.717, 1.165) is 18.8 Å². The first-order chi connectivity index (χ1) is 12.0. The number of anilines is 2. The fourth-order valence-corrected chi connectivity index (χ4v) is 2.79. The van der Waals surface area contributed by atoms with E-state index in [2.05, 4.69) is 10.2 Å². The van der Waals surface area contributed by atoms with Gasteiger partial charge in [-0.1, -0.05) is 11.6 Å². The molecule has 130 valence electrons. The minimum atomic E-state index is -0.505. The van der Waals surface area contributed by atoms with Crippen molar-refractivity contribution in [1.82, 2.24) is 0 Å². The number of amides is 1. The predicted molar refractivity (Wildman–Crippen MR) is 95.5 cm³/mol. The normalized spacial score (nSPS) is 14.2. The molecule has 0 atom stereocenters. The number of nitrogens with one attached hydrogen (secondary N) is 1. The quantitative estimate of drug-likeness (QED) is 0.667. The molecule has 0 spiro atoms. The van der Waals surface area contributed by atoms with E-state index in [4.69, 9.17) is 16.3 Å². The number of benzene rings is 2. The highest BCUT2D eigenvalue weighted by Gasteiger charge is 2.17. The number of nitro benzene ring substituents is 1. The van der Waals surface area contributed by atoms with Crippen LogP contribution in [-0.4, -0.2) is 37.1 Å². The zero-order valence-electron chi connectivity index (χ0n) is 13.3. The van der Waals surface area contributed by atoms with Crippen LogP contribution in [0.5, 0.6) is 0 Å². The van der Waals surface area contributed by atoms with E-state index in [-0.39, 0.29) is 11.6 Å². The molecule has 1 fully saturated rings. The SMILES string of the molecule is O=C(Nc1cc(Cl)ccc1N1CCOCC1)c1ccc([N+](=O)[O-])cc1. The summed E-state index contributed by atoms with van der Waals surface area (Å²) in [5, 5.41) is 14.1. The van der Waals surface area contributed by atoms with E-state index >= 15 is 0 Å². The first-order valence-electron chi connectivity index (χ1n) is 7.72. The van der Waals surface area contributed by atoms with Crippen LogP contribution in [0.3, 0.4) is 0 Å². The summed E-state index contributed by atoms with van der Waals surface area (Å²) in [4.78, 5) is 24.8. The molecule has 25 heavy (non-hydrogen) atoms. The van der Waals surface area contributed by atoms with Gasteiger partial charge in [-0.15, -0.1) is 0 Å². The Kier molecular flexibility index (Phi) is 5.16. The van der Waals surface area contributed by atoms with Crippen LogP contribution in [0.25, 0.3) is 0 Å². The molecule has 0 bridgehead atoms. The van der Waals surface area contributed by atoms with Crippen molar-refractivity contribution in [2.45, 2.75) is 0 Å². The molecule has 1 aliphatic heterocycles. The fraction of sp³-hybridized carbons (Fsp3) is 0.235. The number of hydrogen-bond acceptors (Lipinski definition) is 5. The van der Waals surface area contributed by atoms with Gasteiger partial charge in [-0.05, 0) is 30.3 Å². The number of morpholine rings is 1. The van der Waals surface area contributed by atoms with Gasteiger partial charge in [-0.3, -0.25) is 14.9 Å². The maximum atomic E-state index is 12.5. The predicted octanol–water partition coefficient (Wildman–Crippen LogP) is 3.34. The minimum Gasteiger partial charge on any atom is -0.378 e. The highest BCUT2D eigenvalue weighted by atomic mass is 35.5. The van der Waals surface area contributed by atoms with Crippen LogP contribution in [0.4, 0.5) is 17.1 Å². The average molecular weight is 362 g/mol. The second-order valence-electron chi connectivity index (χ2n) is 5.52. The molecule has 2 aromatic carbocycles. The zero-order valence-corrected chi connectivity index (χ0v) is 14.0. The molecule has 7 nitrogen and oxygen atoms in total. The van der Waals surface area contributed by atoms with Gasteiger partial charge in [0.2, 0.25) is 0 Å². The summed E-state index contributed by atoms with van der Waals surface area (Å²) in [6, 6.07) is 10.8. The Morgan fingerprint density at radius 1 is 1.16 bits per heavy atom. The molecule has 0 saturated carbocycles. The standard InChI is InChI=1S/C17H16ClN3O4/c18-13-3-6-16(20-7-9-25-10-8-20)15(11-13)19-17(22)12-1-4-14(5-2-12)21(23)24/h1-6,11H,7-10H2,(H,19,22). The van der Waals surface area contributed by atoms with E-state index < -0.39 is 4.92 Å². The van der Waals surface area contributed by atoms with Crippen LogP contribution in [0.2, 0.25) is 5.02 Å². The van der Waals surface area contributed by atoms with Crippen molar-refractivity contribution < 1.29 is 14.5 Å². The fourth-order valence-electron chi connectivity index (χ4n) is 2.62. The third-order valence-corrected chi connectivity index (χ3v) is 4.13. The van der Waals surface area contributed by atoms with Crippen LogP contribution < -0.4 is 10.2 Å². The van der Waals surface area contributed by atoms with Gasteiger partial charge in [-0.2, -0.15) is 0 Å². The van der Waals surface area contributed by atoms with Crippen LogP contribution in [0, 0.1) is 10.1 Å². The first-order valence-corrected chi connectivity index (χ1v) is 8.10. The minimum absolute atomic E-state index is 0.0617. The molecule has 2 aromatic rings. The maximum Gasteiger partial charge on any atom is 0.269 e. The third-order valence-electron chi connectivity index (χ3n) is 3.90. The summed E-state index contributed by atoms with van der Waals surface area (Å²) in [6.45, 7) is 2.70. The van der Waals surface area contributed by atoms with Gasteiger partial charge >= 0.3 is 0 Å². The highest BCUT2D eigenvalue weighted by molar-refractivity contribution is 6.31. The molecule has 8 heteroatoms. The Morgan fingerprint density at radius 3 is 2.48 bits per heavy atom. The molecular formula is C17H16ClN3O4. The topological polar surface area (TPSA) is 84.7 Å². The smallest absolute Gasteiger partial charge is 0.269 e. The van der Waals surface area contributed by atoms with Crippen molar-refractivity contribution in [3.63, 3.8) is 0 Å². The Labute approximate surface area is 149 Å². The summed E-state index contributed by atoms with van der Waals surface area (Å²) < 4.78 is 5.36. The van der Waals surface area contributed by atoms with E-state index in [1.807, 2.05) is 6.07 Å². The molecule has 0 aliphatic carbocycles. The summed E-state index contributed by atoms with van der Waals surface area (Å²) in [7, 11) is 0. The maximum absolute atomic E-state index is 12.5. The second kappa shape index (κ2) is 7.50.